The highest BCUT2D eigenvalue weighted by atomic mass is 35.5. The van der Waals surface area contributed by atoms with Crippen LogP contribution >= 0.6 is 11.6 Å². The Labute approximate surface area is 124 Å². The van der Waals surface area contributed by atoms with E-state index < -0.39 is 11.6 Å². The summed E-state index contributed by atoms with van der Waals surface area (Å²) in [7, 11) is 0. The summed E-state index contributed by atoms with van der Waals surface area (Å²) in [5.41, 5.74) is 6.48. The Kier molecular flexibility index (Phi) is 4.59. The third kappa shape index (κ3) is 3.61. The minimum Gasteiger partial charge on any atom is -0.409 e. The zero-order chi connectivity index (χ0) is 15.4. The first-order valence-electron chi connectivity index (χ1n) is 5.96. The maximum atomic E-state index is 13.6. The van der Waals surface area contributed by atoms with Crippen molar-refractivity contribution in [3.63, 3.8) is 0 Å². The smallest absolute Gasteiger partial charge is 0.170 e. The second-order valence-corrected chi connectivity index (χ2v) is 4.70. The monoisotopic (exact) mass is 311 g/mol. The Morgan fingerprint density at radius 1 is 1.24 bits per heavy atom. The van der Waals surface area contributed by atoms with Gasteiger partial charge in [-0.1, -0.05) is 22.8 Å². The Morgan fingerprint density at radius 3 is 2.71 bits per heavy atom. The van der Waals surface area contributed by atoms with Crippen LogP contribution in [0.15, 0.2) is 41.6 Å². The molecule has 2 aromatic rings. The van der Waals surface area contributed by atoms with E-state index in [1.807, 2.05) is 0 Å². The van der Waals surface area contributed by atoms with Crippen LogP contribution in [-0.2, 0) is 6.54 Å². The summed E-state index contributed by atoms with van der Waals surface area (Å²) in [5, 5.41) is 14.8. The SMILES string of the molecule is NC(=NO)c1cc(F)ccc1CNc1cc(Cl)ccc1F. The number of hydrogen-bond donors (Lipinski definition) is 3. The number of oxime groups is 1. The number of halogens is 3. The van der Waals surface area contributed by atoms with E-state index >= 15 is 0 Å². The van der Waals surface area contributed by atoms with Crippen molar-refractivity contribution >= 4 is 23.1 Å². The van der Waals surface area contributed by atoms with Gasteiger partial charge in [0.05, 0.1) is 5.69 Å². The van der Waals surface area contributed by atoms with E-state index in [1.54, 1.807) is 0 Å². The molecule has 0 bridgehead atoms. The summed E-state index contributed by atoms with van der Waals surface area (Å²) in [6.07, 6.45) is 0. The average Bonchev–Trinajstić information content (AvgIpc) is 2.48. The number of nitrogens with two attached hydrogens (primary N) is 1. The third-order valence-electron chi connectivity index (χ3n) is 2.85. The molecule has 0 fully saturated rings. The van der Waals surface area contributed by atoms with Gasteiger partial charge in [0.2, 0.25) is 0 Å². The molecule has 0 aliphatic heterocycles. The molecule has 0 unspecified atom stereocenters. The number of amidine groups is 1. The number of nitrogens with one attached hydrogen (secondary N) is 1. The maximum Gasteiger partial charge on any atom is 0.170 e. The molecular weight excluding hydrogens is 300 g/mol. The number of nitrogens with zero attached hydrogens (tertiary/aromatic N) is 1. The summed E-state index contributed by atoms with van der Waals surface area (Å²) in [6, 6.07) is 7.95. The zero-order valence-corrected chi connectivity index (χ0v) is 11.5. The van der Waals surface area contributed by atoms with Gasteiger partial charge >= 0.3 is 0 Å². The van der Waals surface area contributed by atoms with Crippen molar-refractivity contribution in [3.05, 3.63) is 64.2 Å². The van der Waals surface area contributed by atoms with E-state index in [0.29, 0.717) is 10.6 Å². The standard InChI is InChI=1S/C14H12ClF2N3O/c15-9-2-4-12(17)13(5-9)19-7-8-1-3-10(16)6-11(8)14(18)20-21/h1-6,19,21H,7H2,(H2,18,20). The van der Waals surface area contributed by atoms with Crippen LogP contribution in [0.5, 0.6) is 0 Å². The topological polar surface area (TPSA) is 70.6 Å². The number of rotatable bonds is 4. The van der Waals surface area contributed by atoms with Gasteiger partial charge in [0, 0.05) is 17.1 Å². The molecule has 4 nitrogen and oxygen atoms in total. The fourth-order valence-corrected chi connectivity index (χ4v) is 1.99. The molecule has 7 heteroatoms. The lowest BCUT2D eigenvalue weighted by Crippen LogP contribution is -2.17. The molecule has 0 spiro atoms. The Balaban J connectivity index is 2.26. The van der Waals surface area contributed by atoms with Crippen molar-refractivity contribution in [3.8, 4) is 0 Å². The maximum absolute atomic E-state index is 13.6. The van der Waals surface area contributed by atoms with E-state index in [2.05, 4.69) is 10.5 Å². The molecule has 0 amide bonds. The van der Waals surface area contributed by atoms with E-state index in [0.717, 1.165) is 6.07 Å². The molecule has 0 aliphatic rings. The molecular formula is C14H12ClF2N3O. The van der Waals surface area contributed by atoms with Crippen molar-refractivity contribution in [2.45, 2.75) is 6.54 Å². The van der Waals surface area contributed by atoms with E-state index in [9.17, 15) is 8.78 Å². The predicted molar refractivity (Wildman–Crippen MR) is 77.6 cm³/mol. The van der Waals surface area contributed by atoms with Crippen molar-refractivity contribution in [2.24, 2.45) is 10.9 Å². The molecule has 0 atom stereocenters. The van der Waals surface area contributed by atoms with Gasteiger partial charge in [0.15, 0.2) is 5.84 Å². The molecule has 2 aromatic carbocycles. The number of benzene rings is 2. The van der Waals surface area contributed by atoms with E-state index in [-0.39, 0.29) is 23.6 Å². The van der Waals surface area contributed by atoms with Crippen LogP contribution in [0.2, 0.25) is 5.02 Å². The summed E-state index contributed by atoms with van der Waals surface area (Å²) in [6.45, 7) is 0.156. The summed E-state index contributed by atoms with van der Waals surface area (Å²) >= 11 is 5.80. The van der Waals surface area contributed by atoms with Gasteiger partial charge in [-0.2, -0.15) is 0 Å². The molecule has 4 N–H and O–H groups in total. The Hall–Kier alpha value is -2.34. The second kappa shape index (κ2) is 6.41. The molecule has 0 aliphatic carbocycles. The molecule has 0 radical (unpaired) electrons. The van der Waals surface area contributed by atoms with Gasteiger partial charge in [0.1, 0.15) is 11.6 Å². The molecule has 0 aromatic heterocycles. The van der Waals surface area contributed by atoms with Crippen LogP contribution in [-0.4, -0.2) is 11.0 Å². The molecule has 110 valence electrons. The highest BCUT2D eigenvalue weighted by Gasteiger charge is 2.10. The van der Waals surface area contributed by atoms with Crippen molar-refractivity contribution < 1.29 is 14.0 Å². The van der Waals surface area contributed by atoms with Gasteiger partial charge in [-0.15, -0.1) is 0 Å². The highest BCUT2D eigenvalue weighted by molar-refractivity contribution is 6.30. The quantitative estimate of drug-likeness (QED) is 0.351. The lowest BCUT2D eigenvalue weighted by molar-refractivity contribution is 0.318. The van der Waals surface area contributed by atoms with Crippen molar-refractivity contribution in [1.29, 1.82) is 0 Å². The summed E-state index contributed by atoms with van der Waals surface area (Å²) in [4.78, 5) is 0. The molecule has 0 saturated heterocycles. The average molecular weight is 312 g/mol. The van der Waals surface area contributed by atoms with Crippen LogP contribution in [0.4, 0.5) is 14.5 Å². The first-order chi connectivity index (χ1) is 10.0. The van der Waals surface area contributed by atoms with Gasteiger partial charge in [0.25, 0.3) is 0 Å². The third-order valence-corrected chi connectivity index (χ3v) is 3.09. The van der Waals surface area contributed by atoms with Gasteiger partial charge < -0.3 is 16.3 Å². The Bertz CT molecular complexity index is 692. The van der Waals surface area contributed by atoms with Gasteiger partial charge in [-0.3, -0.25) is 0 Å². The first kappa shape index (κ1) is 15.1. The van der Waals surface area contributed by atoms with Crippen LogP contribution in [0.3, 0.4) is 0 Å². The molecule has 2 rings (SSSR count). The second-order valence-electron chi connectivity index (χ2n) is 4.26. The van der Waals surface area contributed by atoms with Crippen LogP contribution in [0.1, 0.15) is 11.1 Å². The normalized spacial score (nSPS) is 11.5. The highest BCUT2D eigenvalue weighted by Crippen LogP contribution is 2.21. The minimum absolute atomic E-state index is 0.156. The van der Waals surface area contributed by atoms with Crippen molar-refractivity contribution in [2.75, 3.05) is 5.32 Å². The first-order valence-corrected chi connectivity index (χ1v) is 6.34. The molecule has 21 heavy (non-hydrogen) atoms. The molecule has 0 saturated carbocycles. The Morgan fingerprint density at radius 2 is 2.00 bits per heavy atom. The zero-order valence-electron chi connectivity index (χ0n) is 10.8. The lowest BCUT2D eigenvalue weighted by Gasteiger charge is -2.11. The number of anilines is 1. The van der Waals surface area contributed by atoms with Crippen LogP contribution < -0.4 is 11.1 Å². The fraction of sp³-hybridized carbons (Fsp3) is 0.0714. The summed E-state index contributed by atoms with van der Waals surface area (Å²) in [5.74, 6) is -1.21. The minimum atomic E-state index is -0.519. The van der Waals surface area contributed by atoms with E-state index in [1.165, 1.54) is 30.3 Å². The lowest BCUT2D eigenvalue weighted by atomic mass is 10.1. The molecule has 0 heterocycles. The fourth-order valence-electron chi connectivity index (χ4n) is 1.82. The number of hydrogen-bond acceptors (Lipinski definition) is 3. The van der Waals surface area contributed by atoms with E-state index in [4.69, 9.17) is 22.5 Å². The summed E-state index contributed by atoms with van der Waals surface area (Å²) < 4.78 is 26.8. The largest absolute Gasteiger partial charge is 0.409 e. The van der Waals surface area contributed by atoms with Crippen LogP contribution in [0.25, 0.3) is 0 Å². The van der Waals surface area contributed by atoms with Crippen molar-refractivity contribution in [1.82, 2.24) is 0 Å². The predicted octanol–water partition coefficient (Wildman–Crippen LogP) is 3.32. The van der Waals surface area contributed by atoms with Gasteiger partial charge in [-0.25, -0.2) is 8.78 Å². The van der Waals surface area contributed by atoms with Crippen LogP contribution in [0, 0.1) is 11.6 Å². The van der Waals surface area contributed by atoms with Gasteiger partial charge in [-0.05, 0) is 35.9 Å².